The number of hydrogen-bond acceptors (Lipinski definition) is 3. The van der Waals surface area contributed by atoms with Gasteiger partial charge in [0.25, 0.3) is 5.91 Å². The van der Waals surface area contributed by atoms with Gasteiger partial charge in [0.05, 0.1) is 8.66 Å². The van der Waals surface area contributed by atoms with E-state index in [1.807, 2.05) is 17.8 Å². The largest absolute Gasteiger partial charge is 0.350 e. The fourth-order valence-corrected chi connectivity index (χ4v) is 4.68. The minimum Gasteiger partial charge on any atom is -0.350 e. The molecule has 1 N–H and O–H groups in total. The fraction of sp³-hybridized carbons (Fsp3) is 0.545. The van der Waals surface area contributed by atoms with Crippen LogP contribution in [-0.4, -0.2) is 23.5 Å². The molecule has 0 aromatic carbocycles. The van der Waals surface area contributed by atoms with Gasteiger partial charge in [0.2, 0.25) is 0 Å². The Balaban J connectivity index is 1.93. The number of amides is 1. The van der Waals surface area contributed by atoms with Crippen molar-refractivity contribution in [3.8, 4) is 0 Å². The molecule has 1 saturated carbocycles. The summed E-state index contributed by atoms with van der Waals surface area (Å²) >= 11 is 10.1. The number of thioether (sulfide) groups is 1. The molecule has 1 aliphatic rings. The Kier molecular flexibility index (Phi) is 4.61. The Morgan fingerprint density at radius 2 is 2.29 bits per heavy atom. The van der Waals surface area contributed by atoms with E-state index >= 15 is 0 Å². The van der Waals surface area contributed by atoms with Gasteiger partial charge in [0.15, 0.2) is 0 Å². The zero-order chi connectivity index (χ0) is 12.5. The predicted octanol–water partition coefficient (Wildman–Crippen LogP) is 4.29. The van der Waals surface area contributed by atoms with Gasteiger partial charge in [-0.3, -0.25) is 4.79 Å². The van der Waals surface area contributed by atoms with Gasteiger partial charge in [-0.1, -0.05) is 6.42 Å². The second-order valence-corrected chi connectivity index (χ2v) is 8.65. The van der Waals surface area contributed by atoms with Gasteiger partial charge < -0.3 is 5.32 Å². The number of thiophene rings is 1. The first-order chi connectivity index (χ1) is 8.06. The maximum Gasteiger partial charge on any atom is 0.261 e. The highest BCUT2D eigenvalue weighted by atomic mass is 79.9. The third-order valence-corrected chi connectivity index (χ3v) is 7.81. The first kappa shape index (κ1) is 13.9. The molecule has 1 aromatic heterocycles. The minimum absolute atomic E-state index is 0.0294. The molecule has 6 heteroatoms. The molecule has 1 fully saturated rings. The number of hydrogen-bond donors (Lipinski definition) is 1. The van der Waals surface area contributed by atoms with Crippen LogP contribution in [0.1, 0.15) is 28.9 Å². The fourth-order valence-electron chi connectivity index (χ4n) is 1.81. The predicted molar refractivity (Wildman–Crippen MR) is 82.1 cm³/mol. The maximum absolute atomic E-state index is 12.0. The second-order valence-electron chi connectivity index (χ2n) is 4.16. The Morgan fingerprint density at radius 1 is 1.59 bits per heavy atom. The van der Waals surface area contributed by atoms with Crippen LogP contribution in [0.4, 0.5) is 0 Å². The SMILES string of the molecule is CSC1(CNC(=O)c2cc(Br)c(Br)s2)CCC1. The van der Waals surface area contributed by atoms with Crippen molar-refractivity contribution in [3.63, 3.8) is 0 Å². The normalized spacial score (nSPS) is 17.6. The molecule has 17 heavy (non-hydrogen) atoms. The number of carbonyl (C=O) groups is 1. The first-order valence-electron chi connectivity index (χ1n) is 5.34. The van der Waals surface area contributed by atoms with Gasteiger partial charge in [-0.2, -0.15) is 11.8 Å². The van der Waals surface area contributed by atoms with Crippen molar-refractivity contribution in [2.45, 2.75) is 24.0 Å². The molecule has 0 aliphatic heterocycles. The van der Waals surface area contributed by atoms with E-state index in [-0.39, 0.29) is 5.91 Å². The number of rotatable bonds is 4. The summed E-state index contributed by atoms with van der Waals surface area (Å²) in [5, 5.41) is 3.04. The number of carbonyl (C=O) groups excluding carboxylic acids is 1. The summed E-state index contributed by atoms with van der Waals surface area (Å²) in [6.45, 7) is 0.778. The maximum atomic E-state index is 12.0. The molecular weight excluding hydrogens is 386 g/mol. The van der Waals surface area contributed by atoms with Crippen LogP contribution in [0.2, 0.25) is 0 Å². The second kappa shape index (κ2) is 5.63. The van der Waals surface area contributed by atoms with E-state index in [4.69, 9.17) is 0 Å². The van der Waals surface area contributed by atoms with Crippen LogP contribution >= 0.6 is 55.0 Å². The van der Waals surface area contributed by atoms with Crippen LogP contribution in [0, 0.1) is 0 Å². The monoisotopic (exact) mass is 397 g/mol. The Morgan fingerprint density at radius 3 is 2.71 bits per heavy atom. The van der Waals surface area contributed by atoms with Gasteiger partial charge >= 0.3 is 0 Å². The van der Waals surface area contributed by atoms with E-state index in [2.05, 4.69) is 43.4 Å². The number of halogens is 2. The van der Waals surface area contributed by atoms with Crippen LogP contribution in [0.15, 0.2) is 14.3 Å². The van der Waals surface area contributed by atoms with Crippen molar-refractivity contribution >= 4 is 60.9 Å². The molecule has 1 aromatic rings. The van der Waals surface area contributed by atoms with Gasteiger partial charge in [-0.15, -0.1) is 11.3 Å². The highest BCUT2D eigenvalue weighted by Gasteiger charge is 2.36. The summed E-state index contributed by atoms with van der Waals surface area (Å²) in [6, 6.07) is 1.86. The highest BCUT2D eigenvalue weighted by Crippen LogP contribution is 2.42. The zero-order valence-corrected chi connectivity index (χ0v) is 14.2. The van der Waals surface area contributed by atoms with Gasteiger partial charge in [-0.05, 0) is 57.0 Å². The molecular formula is C11H13Br2NOS2. The summed E-state index contributed by atoms with van der Waals surface area (Å²) in [7, 11) is 0. The Hall–Kier alpha value is 0.480. The smallest absolute Gasteiger partial charge is 0.261 e. The van der Waals surface area contributed by atoms with Crippen molar-refractivity contribution in [2.75, 3.05) is 12.8 Å². The molecule has 0 spiro atoms. The Bertz CT molecular complexity index is 404. The van der Waals surface area contributed by atoms with Crippen LogP contribution in [0.3, 0.4) is 0 Å². The molecule has 1 amide bonds. The summed E-state index contributed by atoms with van der Waals surface area (Å²) < 4.78 is 2.20. The summed E-state index contributed by atoms with van der Waals surface area (Å²) in [5.74, 6) is 0.0294. The minimum atomic E-state index is 0.0294. The quantitative estimate of drug-likeness (QED) is 0.819. The lowest BCUT2D eigenvalue weighted by Gasteiger charge is -2.40. The van der Waals surface area contributed by atoms with Gasteiger partial charge in [0.1, 0.15) is 0 Å². The third-order valence-electron chi connectivity index (χ3n) is 3.14. The standard InChI is InChI=1S/C11H13Br2NOS2/c1-16-11(3-2-4-11)6-14-10(15)8-5-7(12)9(13)17-8/h5H,2-4,6H2,1H3,(H,14,15). The molecule has 0 saturated heterocycles. The first-order valence-corrected chi connectivity index (χ1v) is 8.97. The van der Waals surface area contributed by atoms with Crippen LogP contribution in [0.25, 0.3) is 0 Å². The van der Waals surface area contributed by atoms with E-state index in [1.165, 1.54) is 30.6 Å². The zero-order valence-electron chi connectivity index (χ0n) is 9.39. The lowest BCUT2D eigenvalue weighted by Crippen LogP contribution is -2.45. The molecule has 0 radical (unpaired) electrons. The van der Waals surface area contributed by atoms with Crippen molar-refractivity contribution in [1.82, 2.24) is 5.32 Å². The van der Waals surface area contributed by atoms with Crippen LogP contribution in [0.5, 0.6) is 0 Å². The lowest BCUT2D eigenvalue weighted by molar-refractivity contribution is 0.0948. The van der Waals surface area contributed by atoms with E-state index in [0.717, 1.165) is 19.7 Å². The number of nitrogens with one attached hydrogen (secondary N) is 1. The Labute approximate surface area is 126 Å². The van der Waals surface area contributed by atoms with E-state index in [0.29, 0.717) is 4.75 Å². The van der Waals surface area contributed by atoms with Crippen LogP contribution in [-0.2, 0) is 0 Å². The third kappa shape index (κ3) is 3.08. The van der Waals surface area contributed by atoms with E-state index in [9.17, 15) is 4.79 Å². The molecule has 1 aliphatic carbocycles. The van der Waals surface area contributed by atoms with Gasteiger partial charge in [0, 0.05) is 15.8 Å². The molecule has 1 heterocycles. The average molecular weight is 399 g/mol. The summed E-state index contributed by atoms with van der Waals surface area (Å²) in [4.78, 5) is 12.7. The lowest BCUT2D eigenvalue weighted by atomic mass is 9.84. The molecule has 0 atom stereocenters. The molecule has 2 nitrogen and oxygen atoms in total. The van der Waals surface area contributed by atoms with Crippen molar-refractivity contribution in [2.24, 2.45) is 0 Å². The molecule has 0 bridgehead atoms. The van der Waals surface area contributed by atoms with Crippen LogP contribution < -0.4 is 5.32 Å². The summed E-state index contributed by atoms with van der Waals surface area (Å²) in [5.41, 5.74) is 0. The van der Waals surface area contributed by atoms with Gasteiger partial charge in [-0.25, -0.2) is 0 Å². The van der Waals surface area contributed by atoms with Crippen molar-refractivity contribution < 1.29 is 4.79 Å². The topological polar surface area (TPSA) is 29.1 Å². The van der Waals surface area contributed by atoms with E-state index < -0.39 is 0 Å². The van der Waals surface area contributed by atoms with Crippen molar-refractivity contribution in [1.29, 1.82) is 0 Å². The van der Waals surface area contributed by atoms with E-state index in [1.54, 1.807) is 0 Å². The average Bonchev–Trinajstić information content (AvgIpc) is 2.58. The summed E-state index contributed by atoms with van der Waals surface area (Å²) in [6.07, 6.45) is 5.84. The molecule has 94 valence electrons. The molecule has 2 rings (SSSR count). The highest BCUT2D eigenvalue weighted by molar-refractivity contribution is 9.13. The van der Waals surface area contributed by atoms with Crippen molar-refractivity contribution in [3.05, 3.63) is 19.2 Å². The molecule has 0 unspecified atom stereocenters.